The van der Waals surface area contributed by atoms with Gasteiger partial charge in [-0.2, -0.15) is 0 Å². The molecule has 0 unspecified atom stereocenters. The Morgan fingerprint density at radius 2 is 1.59 bits per heavy atom. The predicted octanol–water partition coefficient (Wildman–Crippen LogP) is 5.60. The third-order valence-electron chi connectivity index (χ3n) is 4.95. The van der Waals surface area contributed by atoms with Gasteiger partial charge in [0.15, 0.2) is 5.76 Å². The lowest BCUT2D eigenvalue weighted by atomic mass is 10.0. The Bertz CT molecular complexity index is 1280. The summed E-state index contributed by atoms with van der Waals surface area (Å²) in [6.07, 6.45) is 0. The highest BCUT2D eigenvalue weighted by atomic mass is 16.5. The molecule has 4 rings (SSSR count). The van der Waals surface area contributed by atoms with E-state index in [0.717, 1.165) is 16.7 Å². The average molecular weight is 384 g/mol. The number of hydrogen-bond acceptors (Lipinski definition) is 4. The fourth-order valence-corrected chi connectivity index (χ4v) is 3.23. The Morgan fingerprint density at radius 3 is 2.31 bits per heavy atom. The van der Waals surface area contributed by atoms with Crippen molar-refractivity contribution in [3.63, 3.8) is 0 Å². The first kappa shape index (κ1) is 18.7. The standard InChI is InChI=1S/C25H20O4/c1-15-8-7-11-19(12-15)25(27)29-24-22(26)20-13-16(2)17(3)14-21(20)28-23(24)18-9-5-4-6-10-18/h4-14H,1-3H3. The first-order valence-electron chi connectivity index (χ1n) is 9.36. The Balaban J connectivity index is 1.93. The highest BCUT2D eigenvalue weighted by Crippen LogP contribution is 2.32. The van der Waals surface area contributed by atoms with E-state index >= 15 is 0 Å². The van der Waals surface area contributed by atoms with Gasteiger partial charge in [-0.25, -0.2) is 4.79 Å². The lowest BCUT2D eigenvalue weighted by Gasteiger charge is -2.12. The maximum Gasteiger partial charge on any atom is 0.343 e. The summed E-state index contributed by atoms with van der Waals surface area (Å²) in [4.78, 5) is 26.0. The summed E-state index contributed by atoms with van der Waals surface area (Å²) in [6, 6.07) is 19.8. The monoisotopic (exact) mass is 384 g/mol. The largest absolute Gasteiger partial charge is 0.452 e. The molecule has 4 heteroatoms. The molecule has 1 aromatic heterocycles. The minimum Gasteiger partial charge on any atom is -0.452 e. The molecule has 0 radical (unpaired) electrons. The molecule has 0 amide bonds. The third-order valence-corrected chi connectivity index (χ3v) is 4.95. The second-order valence-corrected chi connectivity index (χ2v) is 7.15. The number of rotatable bonds is 3. The molecule has 0 aliphatic heterocycles. The van der Waals surface area contributed by atoms with E-state index in [2.05, 4.69) is 0 Å². The first-order chi connectivity index (χ1) is 13.9. The molecule has 1 heterocycles. The second kappa shape index (κ2) is 7.40. The van der Waals surface area contributed by atoms with Crippen LogP contribution >= 0.6 is 0 Å². The third kappa shape index (κ3) is 3.57. The van der Waals surface area contributed by atoms with Crippen molar-refractivity contribution in [3.05, 3.63) is 99.2 Å². The van der Waals surface area contributed by atoms with E-state index in [0.29, 0.717) is 22.1 Å². The number of carbonyl (C=O) groups is 1. The van der Waals surface area contributed by atoms with Crippen LogP contribution < -0.4 is 10.2 Å². The zero-order chi connectivity index (χ0) is 20.5. The summed E-state index contributed by atoms with van der Waals surface area (Å²) in [5.41, 5.74) is 4.05. The number of ether oxygens (including phenoxy) is 1. The van der Waals surface area contributed by atoms with E-state index in [1.807, 2.05) is 63.2 Å². The highest BCUT2D eigenvalue weighted by molar-refractivity contribution is 5.93. The van der Waals surface area contributed by atoms with Crippen molar-refractivity contribution in [2.45, 2.75) is 20.8 Å². The number of hydrogen-bond donors (Lipinski definition) is 0. The maximum atomic E-state index is 13.3. The van der Waals surface area contributed by atoms with Gasteiger partial charge in [0.25, 0.3) is 0 Å². The molecule has 144 valence electrons. The van der Waals surface area contributed by atoms with Crippen LogP contribution in [-0.4, -0.2) is 5.97 Å². The van der Waals surface area contributed by atoms with Gasteiger partial charge in [-0.1, -0.05) is 48.0 Å². The first-order valence-corrected chi connectivity index (χ1v) is 9.36. The average Bonchev–Trinajstić information content (AvgIpc) is 2.72. The van der Waals surface area contributed by atoms with Gasteiger partial charge >= 0.3 is 5.97 Å². The maximum absolute atomic E-state index is 13.3. The molecule has 0 spiro atoms. The molecule has 0 saturated heterocycles. The number of carbonyl (C=O) groups excluding carboxylic acids is 1. The fraction of sp³-hybridized carbons (Fsp3) is 0.120. The quantitative estimate of drug-likeness (QED) is 0.431. The van der Waals surface area contributed by atoms with Crippen LogP contribution in [0.3, 0.4) is 0 Å². The second-order valence-electron chi connectivity index (χ2n) is 7.15. The molecular weight excluding hydrogens is 364 g/mol. The Kier molecular flexibility index (Phi) is 4.77. The van der Waals surface area contributed by atoms with E-state index < -0.39 is 5.97 Å². The lowest BCUT2D eigenvalue weighted by Crippen LogP contribution is -2.16. The van der Waals surface area contributed by atoms with Crippen molar-refractivity contribution in [1.29, 1.82) is 0 Å². The Labute approximate surface area is 168 Å². The molecule has 0 bridgehead atoms. The summed E-state index contributed by atoms with van der Waals surface area (Å²) in [5.74, 6) is -0.452. The van der Waals surface area contributed by atoms with Crippen molar-refractivity contribution in [2.24, 2.45) is 0 Å². The zero-order valence-electron chi connectivity index (χ0n) is 16.5. The fourth-order valence-electron chi connectivity index (χ4n) is 3.23. The number of fused-ring (bicyclic) bond motifs is 1. The Morgan fingerprint density at radius 1 is 0.862 bits per heavy atom. The van der Waals surface area contributed by atoms with Crippen LogP contribution in [0, 0.1) is 20.8 Å². The van der Waals surface area contributed by atoms with Crippen molar-refractivity contribution in [3.8, 4) is 17.1 Å². The van der Waals surface area contributed by atoms with Crippen LogP contribution in [-0.2, 0) is 0 Å². The number of aryl methyl sites for hydroxylation is 3. The summed E-state index contributed by atoms with van der Waals surface area (Å²) in [5, 5.41) is 0.389. The molecule has 0 aliphatic carbocycles. The molecule has 29 heavy (non-hydrogen) atoms. The van der Waals surface area contributed by atoms with Crippen LogP contribution in [0.5, 0.6) is 5.75 Å². The lowest BCUT2D eigenvalue weighted by molar-refractivity contribution is 0.0731. The smallest absolute Gasteiger partial charge is 0.343 e. The molecule has 0 N–H and O–H groups in total. The van der Waals surface area contributed by atoms with Crippen LogP contribution in [0.25, 0.3) is 22.3 Å². The van der Waals surface area contributed by atoms with Crippen LogP contribution in [0.1, 0.15) is 27.0 Å². The summed E-state index contributed by atoms with van der Waals surface area (Å²) >= 11 is 0. The number of esters is 1. The van der Waals surface area contributed by atoms with Gasteiger partial charge in [-0.15, -0.1) is 0 Å². The molecule has 0 saturated carbocycles. The summed E-state index contributed by atoms with van der Waals surface area (Å²) in [7, 11) is 0. The van der Waals surface area contributed by atoms with Gasteiger partial charge in [0.1, 0.15) is 5.58 Å². The van der Waals surface area contributed by atoms with Gasteiger partial charge in [-0.3, -0.25) is 4.79 Å². The molecule has 0 atom stereocenters. The van der Waals surface area contributed by atoms with Gasteiger partial charge in [0, 0.05) is 5.56 Å². The van der Waals surface area contributed by atoms with E-state index in [-0.39, 0.29) is 16.9 Å². The van der Waals surface area contributed by atoms with Gasteiger partial charge in [0.2, 0.25) is 11.2 Å². The van der Waals surface area contributed by atoms with Crippen LogP contribution in [0.2, 0.25) is 0 Å². The summed E-state index contributed by atoms with van der Waals surface area (Å²) in [6.45, 7) is 5.78. The number of benzene rings is 3. The molecule has 0 fully saturated rings. The van der Waals surface area contributed by atoms with Gasteiger partial charge in [-0.05, 0) is 56.2 Å². The minimum atomic E-state index is -0.596. The van der Waals surface area contributed by atoms with E-state index in [4.69, 9.17) is 9.15 Å². The highest BCUT2D eigenvalue weighted by Gasteiger charge is 2.21. The van der Waals surface area contributed by atoms with Crippen molar-refractivity contribution >= 4 is 16.9 Å². The van der Waals surface area contributed by atoms with Crippen LogP contribution in [0.4, 0.5) is 0 Å². The molecule has 4 nitrogen and oxygen atoms in total. The summed E-state index contributed by atoms with van der Waals surface area (Å²) < 4.78 is 11.7. The van der Waals surface area contributed by atoms with E-state index in [1.165, 1.54) is 0 Å². The van der Waals surface area contributed by atoms with Crippen molar-refractivity contribution in [2.75, 3.05) is 0 Å². The predicted molar refractivity (Wildman–Crippen MR) is 114 cm³/mol. The molecular formula is C25H20O4. The Hall–Kier alpha value is -3.66. The van der Waals surface area contributed by atoms with E-state index in [1.54, 1.807) is 24.3 Å². The van der Waals surface area contributed by atoms with Crippen molar-refractivity contribution in [1.82, 2.24) is 0 Å². The van der Waals surface area contributed by atoms with Gasteiger partial charge in [0.05, 0.1) is 10.9 Å². The van der Waals surface area contributed by atoms with Crippen molar-refractivity contribution < 1.29 is 13.9 Å². The van der Waals surface area contributed by atoms with Gasteiger partial charge < -0.3 is 9.15 Å². The zero-order valence-corrected chi connectivity index (χ0v) is 16.5. The van der Waals surface area contributed by atoms with Crippen LogP contribution in [0.15, 0.2) is 75.9 Å². The molecule has 0 aliphatic rings. The molecule has 4 aromatic rings. The topological polar surface area (TPSA) is 56.5 Å². The minimum absolute atomic E-state index is 0.0986. The molecule has 3 aromatic carbocycles. The van der Waals surface area contributed by atoms with E-state index in [9.17, 15) is 9.59 Å². The SMILES string of the molecule is Cc1cccc(C(=O)Oc2c(-c3ccccc3)oc3cc(C)c(C)cc3c2=O)c1. The normalized spacial score (nSPS) is 10.9.